The summed E-state index contributed by atoms with van der Waals surface area (Å²) in [5.41, 5.74) is 2.15. The van der Waals surface area contributed by atoms with Gasteiger partial charge in [-0.25, -0.2) is 5.10 Å². The number of hydrogen-bond acceptors (Lipinski definition) is 7. The van der Waals surface area contributed by atoms with Gasteiger partial charge in [-0.2, -0.15) is 5.10 Å². The van der Waals surface area contributed by atoms with Crippen LogP contribution in [-0.4, -0.2) is 27.3 Å². The Morgan fingerprint density at radius 1 is 1.26 bits per heavy atom. The molecule has 0 atom stereocenters. The van der Waals surface area contributed by atoms with E-state index in [1.807, 2.05) is 31.2 Å². The molecule has 9 nitrogen and oxygen atoms in total. The number of nitro groups is 1. The lowest BCUT2D eigenvalue weighted by atomic mass is 10.1. The molecule has 0 fully saturated rings. The fourth-order valence-electron chi connectivity index (χ4n) is 2.53. The second kappa shape index (κ2) is 7.65. The van der Waals surface area contributed by atoms with Crippen LogP contribution in [0.2, 0.25) is 0 Å². The molecule has 3 rings (SSSR count). The largest absolute Gasteiger partial charge is 0.496 e. The highest BCUT2D eigenvalue weighted by Crippen LogP contribution is 2.38. The van der Waals surface area contributed by atoms with E-state index in [1.165, 1.54) is 19.2 Å². The molecule has 138 valence electrons. The fourth-order valence-corrected chi connectivity index (χ4v) is 2.53. The maximum atomic E-state index is 11.3. The summed E-state index contributed by atoms with van der Waals surface area (Å²) >= 11 is 0. The zero-order chi connectivity index (χ0) is 19.4. The van der Waals surface area contributed by atoms with Gasteiger partial charge in [0, 0.05) is 5.56 Å². The Morgan fingerprint density at radius 2 is 2.07 bits per heavy atom. The van der Waals surface area contributed by atoms with Crippen LogP contribution in [-0.2, 0) is 6.42 Å². The smallest absolute Gasteiger partial charge is 0.300 e. The number of rotatable bonds is 6. The Kier molecular flexibility index (Phi) is 5.11. The maximum Gasteiger partial charge on any atom is 0.300 e. The molecule has 1 aromatic heterocycles. The number of hydrogen-bond donors (Lipinski definition) is 2. The molecule has 0 aliphatic heterocycles. The molecule has 0 aliphatic rings. The molecule has 3 aromatic rings. The van der Waals surface area contributed by atoms with Gasteiger partial charge in [0.1, 0.15) is 11.4 Å². The van der Waals surface area contributed by atoms with Gasteiger partial charge in [-0.1, -0.05) is 25.1 Å². The number of H-pyrrole nitrogens is 1. The molecule has 0 aliphatic carbocycles. The van der Waals surface area contributed by atoms with Crippen molar-refractivity contribution < 1.29 is 14.8 Å². The maximum absolute atomic E-state index is 11.3. The summed E-state index contributed by atoms with van der Waals surface area (Å²) in [7, 11) is 1.42. The predicted octanol–water partition coefficient (Wildman–Crippen LogP) is 4.68. The number of aromatic hydroxyl groups is 1. The zero-order valence-corrected chi connectivity index (χ0v) is 14.7. The first kappa shape index (κ1) is 18.1. The van der Waals surface area contributed by atoms with Gasteiger partial charge in [0.25, 0.3) is 5.69 Å². The number of azo groups is 1. The number of nitro benzene ring substituents is 1. The molecule has 27 heavy (non-hydrogen) atoms. The van der Waals surface area contributed by atoms with Gasteiger partial charge in [0.2, 0.25) is 5.88 Å². The van der Waals surface area contributed by atoms with Crippen molar-refractivity contribution in [3.8, 4) is 22.9 Å². The number of aryl methyl sites for hydroxylation is 1. The number of aromatic amines is 1. The van der Waals surface area contributed by atoms with Crippen LogP contribution >= 0.6 is 0 Å². The van der Waals surface area contributed by atoms with Crippen LogP contribution < -0.4 is 4.74 Å². The van der Waals surface area contributed by atoms with Gasteiger partial charge in [0.15, 0.2) is 11.4 Å². The van der Waals surface area contributed by atoms with E-state index in [0.29, 0.717) is 11.4 Å². The fraction of sp³-hybridized carbons (Fsp3) is 0.167. The molecule has 0 saturated heterocycles. The number of benzene rings is 2. The monoisotopic (exact) mass is 367 g/mol. The van der Waals surface area contributed by atoms with Gasteiger partial charge in [-0.05, 0) is 30.2 Å². The quantitative estimate of drug-likeness (QED) is 0.372. The van der Waals surface area contributed by atoms with Crippen molar-refractivity contribution in [1.29, 1.82) is 0 Å². The predicted molar refractivity (Wildman–Crippen MR) is 98.9 cm³/mol. The van der Waals surface area contributed by atoms with Crippen LogP contribution in [0.15, 0.2) is 52.7 Å². The standard InChI is InChI=1S/C18H17N5O4/c1-3-11-5-4-6-12(9-11)16-17(18(24)22-20-16)21-19-14-8-7-13(27-2)10-15(14)23(25)26/h4-10H,3H2,1-2H3,(H2,20,22,24). The molecule has 0 amide bonds. The number of nitrogens with one attached hydrogen (secondary N) is 1. The number of ether oxygens (including phenoxy) is 1. The van der Waals surface area contributed by atoms with Crippen molar-refractivity contribution in [1.82, 2.24) is 10.2 Å². The molecule has 0 spiro atoms. The number of methoxy groups -OCH3 is 1. The molecule has 1 heterocycles. The van der Waals surface area contributed by atoms with Crippen molar-refractivity contribution in [2.75, 3.05) is 7.11 Å². The summed E-state index contributed by atoms with van der Waals surface area (Å²) in [6.07, 6.45) is 0.846. The third-order valence-corrected chi connectivity index (χ3v) is 3.97. The molecule has 9 heteroatoms. The second-order valence-corrected chi connectivity index (χ2v) is 5.64. The van der Waals surface area contributed by atoms with Crippen molar-refractivity contribution in [3.05, 3.63) is 58.1 Å². The SMILES string of the molecule is CCc1cccc(-c2n[nH]c(O)c2N=Nc2ccc(OC)cc2[N+](=O)[O-])c1. The van der Waals surface area contributed by atoms with Gasteiger partial charge in [-0.15, -0.1) is 10.2 Å². The molecule has 0 bridgehead atoms. The molecule has 2 aromatic carbocycles. The Labute approximate surface area is 154 Å². The molecule has 0 unspecified atom stereocenters. The first-order valence-electron chi connectivity index (χ1n) is 8.14. The van der Waals surface area contributed by atoms with Crippen molar-refractivity contribution in [3.63, 3.8) is 0 Å². The molecule has 2 N–H and O–H groups in total. The molecular formula is C18H17N5O4. The van der Waals surface area contributed by atoms with Gasteiger partial charge in [0.05, 0.1) is 18.1 Å². The third kappa shape index (κ3) is 3.76. The summed E-state index contributed by atoms with van der Waals surface area (Å²) in [5, 5.41) is 35.8. The Morgan fingerprint density at radius 3 is 2.78 bits per heavy atom. The minimum Gasteiger partial charge on any atom is -0.496 e. The van der Waals surface area contributed by atoms with E-state index >= 15 is 0 Å². The Balaban J connectivity index is 2.02. The van der Waals surface area contributed by atoms with E-state index in [1.54, 1.807) is 6.07 Å². The van der Waals surface area contributed by atoms with Crippen LogP contribution in [0.25, 0.3) is 11.3 Å². The van der Waals surface area contributed by atoms with Crippen LogP contribution in [0.5, 0.6) is 11.6 Å². The normalized spacial score (nSPS) is 11.0. The van der Waals surface area contributed by atoms with E-state index in [0.717, 1.165) is 17.5 Å². The van der Waals surface area contributed by atoms with E-state index in [-0.39, 0.29) is 22.9 Å². The van der Waals surface area contributed by atoms with E-state index in [2.05, 4.69) is 20.4 Å². The van der Waals surface area contributed by atoms with Crippen LogP contribution in [0.4, 0.5) is 17.1 Å². The Hall–Kier alpha value is -3.75. The van der Waals surface area contributed by atoms with E-state index in [4.69, 9.17) is 4.74 Å². The lowest BCUT2D eigenvalue weighted by molar-refractivity contribution is -0.384. The average Bonchev–Trinajstić information content (AvgIpc) is 3.06. The first-order chi connectivity index (χ1) is 13.0. The lowest BCUT2D eigenvalue weighted by Crippen LogP contribution is -1.90. The summed E-state index contributed by atoms with van der Waals surface area (Å²) in [4.78, 5) is 10.7. The van der Waals surface area contributed by atoms with Crippen LogP contribution in [0.1, 0.15) is 12.5 Å². The third-order valence-electron chi connectivity index (χ3n) is 3.97. The zero-order valence-electron chi connectivity index (χ0n) is 14.7. The van der Waals surface area contributed by atoms with Crippen molar-refractivity contribution in [2.24, 2.45) is 10.2 Å². The second-order valence-electron chi connectivity index (χ2n) is 5.64. The number of nitrogens with zero attached hydrogens (tertiary/aromatic N) is 4. The number of aromatic nitrogens is 2. The molecular weight excluding hydrogens is 350 g/mol. The molecule has 0 saturated carbocycles. The van der Waals surface area contributed by atoms with Crippen molar-refractivity contribution in [2.45, 2.75) is 13.3 Å². The summed E-state index contributed by atoms with van der Waals surface area (Å²) in [5.74, 6) is 0.0655. The van der Waals surface area contributed by atoms with Gasteiger partial charge in [-0.3, -0.25) is 10.1 Å². The summed E-state index contributed by atoms with van der Waals surface area (Å²) < 4.78 is 5.00. The summed E-state index contributed by atoms with van der Waals surface area (Å²) in [6.45, 7) is 2.03. The highest BCUT2D eigenvalue weighted by molar-refractivity contribution is 5.75. The average molecular weight is 367 g/mol. The van der Waals surface area contributed by atoms with Gasteiger partial charge < -0.3 is 9.84 Å². The van der Waals surface area contributed by atoms with Crippen molar-refractivity contribution >= 4 is 17.1 Å². The Bertz CT molecular complexity index is 1010. The van der Waals surface area contributed by atoms with E-state index < -0.39 is 4.92 Å². The van der Waals surface area contributed by atoms with Gasteiger partial charge >= 0.3 is 0 Å². The highest BCUT2D eigenvalue weighted by atomic mass is 16.6. The van der Waals surface area contributed by atoms with Crippen LogP contribution in [0.3, 0.4) is 0 Å². The summed E-state index contributed by atoms with van der Waals surface area (Å²) in [6, 6.07) is 11.9. The minimum atomic E-state index is -0.572. The van der Waals surface area contributed by atoms with E-state index in [9.17, 15) is 15.2 Å². The topological polar surface area (TPSA) is 126 Å². The lowest BCUT2D eigenvalue weighted by Gasteiger charge is -2.02. The first-order valence-corrected chi connectivity index (χ1v) is 8.14. The van der Waals surface area contributed by atoms with Crippen LogP contribution in [0, 0.1) is 10.1 Å². The minimum absolute atomic E-state index is 0.0367. The molecule has 0 radical (unpaired) electrons. The highest BCUT2D eigenvalue weighted by Gasteiger charge is 2.18.